The molecule has 2 aromatic rings. The average molecular weight is 281 g/mol. The minimum absolute atomic E-state index is 0.0859. The lowest BCUT2D eigenvalue weighted by molar-refractivity contribution is -0.116. The van der Waals surface area contributed by atoms with E-state index in [1.165, 1.54) is 0 Å². The first-order chi connectivity index (χ1) is 10.3. The Morgan fingerprint density at radius 3 is 3.10 bits per heavy atom. The van der Waals surface area contributed by atoms with Gasteiger partial charge in [0.25, 0.3) is 0 Å². The van der Waals surface area contributed by atoms with Crippen molar-refractivity contribution in [2.75, 3.05) is 5.32 Å². The predicted octanol–water partition coefficient (Wildman–Crippen LogP) is 3.23. The maximum Gasteiger partial charge on any atom is 0.224 e. The summed E-state index contributed by atoms with van der Waals surface area (Å²) in [5, 5.41) is 7.18. The number of carbonyl (C=O) groups excluding carboxylic acids is 1. The molecule has 0 saturated carbocycles. The van der Waals surface area contributed by atoms with Gasteiger partial charge in [0, 0.05) is 24.5 Å². The summed E-state index contributed by atoms with van der Waals surface area (Å²) in [5.74, 6) is 0.486. The Balaban J connectivity index is 1.60. The molecule has 1 aliphatic rings. The summed E-state index contributed by atoms with van der Waals surface area (Å²) in [6.45, 7) is 0.710. The van der Waals surface area contributed by atoms with Crippen LogP contribution in [0.5, 0.6) is 0 Å². The molecule has 1 aromatic carbocycles. The molecule has 1 atom stereocenters. The summed E-state index contributed by atoms with van der Waals surface area (Å²) in [6, 6.07) is 9.83. The second kappa shape index (κ2) is 6.39. The number of carbonyl (C=O) groups is 1. The van der Waals surface area contributed by atoms with Gasteiger partial charge in [-0.25, -0.2) is 0 Å². The molecule has 0 spiro atoms. The smallest absolute Gasteiger partial charge is 0.224 e. The minimum atomic E-state index is 0.0859. The second-order valence-corrected chi connectivity index (χ2v) is 5.42. The van der Waals surface area contributed by atoms with Crippen LogP contribution < -0.4 is 5.32 Å². The van der Waals surface area contributed by atoms with Crippen LogP contribution in [-0.2, 0) is 11.3 Å². The van der Waals surface area contributed by atoms with E-state index in [2.05, 4.69) is 22.6 Å². The number of rotatable bonds is 5. The Morgan fingerprint density at radius 1 is 1.38 bits per heavy atom. The Labute approximate surface area is 124 Å². The summed E-state index contributed by atoms with van der Waals surface area (Å²) in [6.07, 6.45) is 10.7. The molecule has 0 bridgehead atoms. The highest BCUT2D eigenvalue weighted by Gasteiger charge is 2.14. The molecule has 0 unspecified atom stereocenters. The van der Waals surface area contributed by atoms with Crippen molar-refractivity contribution in [3.05, 3.63) is 60.4 Å². The van der Waals surface area contributed by atoms with E-state index >= 15 is 0 Å². The fourth-order valence-electron chi connectivity index (χ4n) is 2.64. The maximum absolute atomic E-state index is 12.0. The summed E-state index contributed by atoms with van der Waals surface area (Å²) in [5.41, 5.74) is 1.98. The SMILES string of the molecule is O=C(C[C@@H]1C=CCC1)Nc1cccc(Cn2cccn2)c1. The number of amides is 1. The molecule has 1 aromatic heterocycles. The van der Waals surface area contributed by atoms with E-state index in [0.717, 1.165) is 24.1 Å². The van der Waals surface area contributed by atoms with Gasteiger partial charge < -0.3 is 5.32 Å². The normalized spacial score (nSPS) is 17.0. The zero-order valence-electron chi connectivity index (χ0n) is 11.9. The van der Waals surface area contributed by atoms with Crippen molar-refractivity contribution in [1.82, 2.24) is 9.78 Å². The number of hydrogen-bond acceptors (Lipinski definition) is 2. The molecule has 0 aliphatic heterocycles. The van der Waals surface area contributed by atoms with E-state index < -0.39 is 0 Å². The summed E-state index contributed by atoms with van der Waals surface area (Å²) in [7, 11) is 0. The van der Waals surface area contributed by atoms with E-state index in [1.807, 2.05) is 41.2 Å². The Morgan fingerprint density at radius 2 is 2.33 bits per heavy atom. The zero-order chi connectivity index (χ0) is 14.5. The van der Waals surface area contributed by atoms with Crippen molar-refractivity contribution in [1.29, 1.82) is 0 Å². The van der Waals surface area contributed by atoms with Crippen LogP contribution >= 0.6 is 0 Å². The molecule has 4 nitrogen and oxygen atoms in total. The fraction of sp³-hybridized carbons (Fsp3) is 0.294. The fourth-order valence-corrected chi connectivity index (χ4v) is 2.64. The van der Waals surface area contributed by atoms with E-state index in [9.17, 15) is 4.79 Å². The van der Waals surface area contributed by atoms with Crippen LogP contribution in [0.2, 0.25) is 0 Å². The van der Waals surface area contributed by atoms with Gasteiger partial charge in [0.2, 0.25) is 5.91 Å². The molecule has 0 radical (unpaired) electrons. The van der Waals surface area contributed by atoms with Crippen LogP contribution in [0.3, 0.4) is 0 Å². The van der Waals surface area contributed by atoms with Crippen molar-refractivity contribution in [3.63, 3.8) is 0 Å². The number of nitrogens with zero attached hydrogens (tertiary/aromatic N) is 2. The lowest BCUT2D eigenvalue weighted by Crippen LogP contribution is -2.15. The Kier molecular flexibility index (Phi) is 4.15. The van der Waals surface area contributed by atoms with Crippen molar-refractivity contribution >= 4 is 11.6 Å². The quantitative estimate of drug-likeness (QED) is 0.855. The number of anilines is 1. The maximum atomic E-state index is 12.0. The highest BCUT2D eigenvalue weighted by atomic mass is 16.1. The lowest BCUT2D eigenvalue weighted by Gasteiger charge is -2.10. The summed E-state index contributed by atoms with van der Waals surface area (Å²) >= 11 is 0. The summed E-state index contributed by atoms with van der Waals surface area (Å²) in [4.78, 5) is 12.0. The van der Waals surface area contributed by atoms with Gasteiger partial charge in [-0.05, 0) is 42.5 Å². The van der Waals surface area contributed by atoms with Crippen LogP contribution in [0.1, 0.15) is 24.8 Å². The van der Waals surface area contributed by atoms with E-state index in [4.69, 9.17) is 0 Å². The van der Waals surface area contributed by atoms with Gasteiger partial charge in [-0.15, -0.1) is 0 Å². The van der Waals surface area contributed by atoms with Crippen molar-refractivity contribution < 1.29 is 4.79 Å². The highest BCUT2D eigenvalue weighted by molar-refractivity contribution is 5.91. The topological polar surface area (TPSA) is 46.9 Å². The molecule has 1 heterocycles. The molecule has 4 heteroatoms. The van der Waals surface area contributed by atoms with Crippen molar-refractivity contribution in [3.8, 4) is 0 Å². The van der Waals surface area contributed by atoms with Crippen LogP contribution in [0.4, 0.5) is 5.69 Å². The first-order valence-corrected chi connectivity index (χ1v) is 7.32. The van der Waals surface area contributed by atoms with Gasteiger partial charge >= 0.3 is 0 Å². The molecule has 1 amide bonds. The lowest BCUT2D eigenvalue weighted by atomic mass is 10.0. The van der Waals surface area contributed by atoms with E-state index in [1.54, 1.807) is 6.20 Å². The first kappa shape index (κ1) is 13.6. The highest BCUT2D eigenvalue weighted by Crippen LogP contribution is 2.21. The third-order valence-corrected chi connectivity index (χ3v) is 3.67. The Bertz CT molecular complexity index is 631. The number of allylic oxidation sites excluding steroid dienone is 2. The number of nitrogens with one attached hydrogen (secondary N) is 1. The van der Waals surface area contributed by atoms with E-state index in [-0.39, 0.29) is 5.91 Å². The molecule has 0 fully saturated rings. The molecule has 1 N–H and O–H groups in total. The zero-order valence-corrected chi connectivity index (χ0v) is 11.9. The third-order valence-electron chi connectivity index (χ3n) is 3.67. The van der Waals surface area contributed by atoms with Gasteiger partial charge in [0.05, 0.1) is 6.54 Å². The number of aromatic nitrogens is 2. The van der Waals surface area contributed by atoms with Gasteiger partial charge in [0.1, 0.15) is 0 Å². The molecule has 1 aliphatic carbocycles. The average Bonchev–Trinajstić information content (AvgIpc) is 3.12. The Hall–Kier alpha value is -2.36. The number of hydrogen-bond donors (Lipinski definition) is 1. The number of benzene rings is 1. The monoisotopic (exact) mass is 281 g/mol. The van der Waals surface area contributed by atoms with Crippen molar-refractivity contribution in [2.45, 2.75) is 25.8 Å². The van der Waals surface area contributed by atoms with Crippen LogP contribution in [0.25, 0.3) is 0 Å². The molecule has 108 valence electrons. The van der Waals surface area contributed by atoms with Gasteiger partial charge in [-0.2, -0.15) is 5.10 Å². The molecule has 21 heavy (non-hydrogen) atoms. The van der Waals surface area contributed by atoms with Gasteiger partial charge in [0.15, 0.2) is 0 Å². The second-order valence-electron chi connectivity index (χ2n) is 5.42. The molecule has 3 rings (SSSR count). The van der Waals surface area contributed by atoms with Crippen LogP contribution in [0, 0.1) is 5.92 Å². The standard InChI is InChI=1S/C17H19N3O/c21-17(12-14-5-1-2-6-14)19-16-8-3-7-15(11-16)13-20-10-4-9-18-20/h1,3-5,7-11,14H,2,6,12-13H2,(H,19,21)/t14-/m1/s1. The largest absolute Gasteiger partial charge is 0.326 e. The third kappa shape index (κ3) is 3.81. The summed E-state index contributed by atoms with van der Waals surface area (Å²) < 4.78 is 1.87. The molecular weight excluding hydrogens is 262 g/mol. The van der Waals surface area contributed by atoms with Gasteiger partial charge in [-0.3, -0.25) is 9.48 Å². The molecule has 0 saturated heterocycles. The first-order valence-electron chi connectivity index (χ1n) is 7.32. The minimum Gasteiger partial charge on any atom is -0.326 e. The van der Waals surface area contributed by atoms with Gasteiger partial charge in [-0.1, -0.05) is 24.3 Å². The molecular formula is C17H19N3O. The van der Waals surface area contributed by atoms with E-state index in [0.29, 0.717) is 18.9 Å². The van der Waals surface area contributed by atoms with Crippen molar-refractivity contribution in [2.24, 2.45) is 5.92 Å². The van der Waals surface area contributed by atoms with Crippen LogP contribution in [0.15, 0.2) is 54.9 Å². The van der Waals surface area contributed by atoms with Crippen LogP contribution in [-0.4, -0.2) is 15.7 Å². The predicted molar refractivity (Wildman–Crippen MR) is 82.9 cm³/mol.